The maximum Gasteiger partial charge on any atom is 0.163 e. The van der Waals surface area contributed by atoms with Crippen LogP contribution in [-0.4, -0.2) is 22.1 Å². The van der Waals surface area contributed by atoms with Crippen LogP contribution in [0.3, 0.4) is 0 Å². The number of aromatic nitrogens is 2. The Morgan fingerprint density at radius 1 is 1.10 bits per heavy atom. The second kappa shape index (κ2) is 5.12. The van der Waals surface area contributed by atoms with Gasteiger partial charge in [-0.1, -0.05) is 30.3 Å². The van der Waals surface area contributed by atoms with E-state index in [1.54, 1.807) is 0 Å². The smallest absolute Gasteiger partial charge is 0.163 e. The van der Waals surface area contributed by atoms with Crippen LogP contribution in [0.5, 0.6) is 0 Å². The topological polar surface area (TPSA) is 49.8 Å². The van der Waals surface area contributed by atoms with E-state index in [9.17, 15) is 0 Å². The normalized spacial score (nSPS) is 15.7. The Kier molecular flexibility index (Phi) is 3.30. The van der Waals surface area contributed by atoms with Crippen LogP contribution in [0.2, 0.25) is 0 Å². The van der Waals surface area contributed by atoms with Gasteiger partial charge in [0.1, 0.15) is 11.6 Å². The van der Waals surface area contributed by atoms with Gasteiger partial charge >= 0.3 is 0 Å². The van der Waals surface area contributed by atoms with Crippen LogP contribution in [-0.2, 0) is 0 Å². The molecular formula is C16H20N4. The van der Waals surface area contributed by atoms with Crippen molar-refractivity contribution in [2.75, 3.05) is 17.2 Å². The van der Waals surface area contributed by atoms with Crippen LogP contribution >= 0.6 is 0 Å². The number of nitrogens with zero attached hydrogens (tertiary/aromatic N) is 2. The SMILES string of the molecule is CCNc1cc(NC2(C)CC2)nc(-c2ccccc2)n1. The fraction of sp³-hybridized carbons (Fsp3) is 0.375. The molecule has 1 aliphatic rings. The molecule has 1 fully saturated rings. The van der Waals surface area contributed by atoms with Crippen molar-refractivity contribution in [3.8, 4) is 11.4 Å². The van der Waals surface area contributed by atoms with Gasteiger partial charge in [0.25, 0.3) is 0 Å². The minimum Gasteiger partial charge on any atom is -0.370 e. The van der Waals surface area contributed by atoms with Crippen LogP contribution in [0.4, 0.5) is 11.6 Å². The zero-order valence-electron chi connectivity index (χ0n) is 12.0. The monoisotopic (exact) mass is 268 g/mol. The molecule has 0 aliphatic heterocycles. The molecule has 2 N–H and O–H groups in total. The third kappa shape index (κ3) is 2.90. The summed E-state index contributed by atoms with van der Waals surface area (Å²) in [5.41, 5.74) is 1.25. The minimum absolute atomic E-state index is 0.214. The van der Waals surface area contributed by atoms with E-state index >= 15 is 0 Å². The standard InChI is InChI=1S/C16H20N4/c1-3-17-13-11-14(20-16(2)9-10-16)19-15(18-13)12-7-5-4-6-8-12/h4-8,11H,3,9-10H2,1-2H3,(H2,17,18,19,20). The van der Waals surface area contributed by atoms with Crippen LogP contribution in [0.15, 0.2) is 36.4 Å². The average Bonchev–Trinajstić information content (AvgIpc) is 3.17. The van der Waals surface area contributed by atoms with Crippen LogP contribution in [0, 0.1) is 0 Å². The molecule has 0 amide bonds. The van der Waals surface area contributed by atoms with E-state index in [-0.39, 0.29) is 5.54 Å². The fourth-order valence-electron chi connectivity index (χ4n) is 2.12. The highest BCUT2D eigenvalue weighted by Crippen LogP contribution is 2.38. The predicted molar refractivity (Wildman–Crippen MR) is 82.9 cm³/mol. The molecule has 0 spiro atoms. The third-order valence-electron chi connectivity index (χ3n) is 3.55. The van der Waals surface area contributed by atoms with E-state index in [1.807, 2.05) is 36.4 Å². The lowest BCUT2D eigenvalue weighted by Crippen LogP contribution is -2.17. The molecule has 20 heavy (non-hydrogen) atoms. The maximum atomic E-state index is 4.65. The highest BCUT2D eigenvalue weighted by molar-refractivity contribution is 5.61. The summed E-state index contributed by atoms with van der Waals surface area (Å²) in [5, 5.41) is 6.78. The van der Waals surface area contributed by atoms with Gasteiger partial charge in [-0.25, -0.2) is 9.97 Å². The molecule has 1 heterocycles. The molecule has 1 aliphatic carbocycles. The van der Waals surface area contributed by atoms with E-state index in [4.69, 9.17) is 0 Å². The van der Waals surface area contributed by atoms with Crippen molar-refractivity contribution < 1.29 is 0 Å². The Morgan fingerprint density at radius 3 is 2.45 bits per heavy atom. The van der Waals surface area contributed by atoms with Gasteiger partial charge in [0.15, 0.2) is 5.82 Å². The molecule has 4 nitrogen and oxygen atoms in total. The molecular weight excluding hydrogens is 248 g/mol. The number of anilines is 2. The first-order chi connectivity index (χ1) is 9.68. The molecule has 0 bridgehead atoms. The quantitative estimate of drug-likeness (QED) is 0.871. The summed E-state index contributed by atoms with van der Waals surface area (Å²) in [6.45, 7) is 5.14. The number of nitrogens with one attached hydrogen (secondary N) is 2. The molecule has 3 rings (SSSR count). The maximum absolute atomic E-state index is 4.65. The molecule has 0 radical (unpaired) electrons. The first-order valence-electron chi connectivity index (χ1n) is 7.15. The number of hydrogen-bond donors (Lipinski definition) is 2. The van der Waals surface area contributed by atoms with Gasteiger partial charge in [0.05, 0.1) is 0 Å². The Bertz CT molecular complexity index is 591. The Hall–Kier alpha value is -2.10. The van der Waals surface area contributed by atoms with Crippen molar-refractivity contribution >= 4 is 11.6 Å². The highest BCUT2D eigenvalue weighted by Gasteiger charge is 2.37. The fourth-order valence-corrected chi connectivity index (χ4v) is 2.12. The van der Waals surface area contributed by atoms with Gasteiger partial charge in [-0.05, 0) is 26.7 Å². The van der Waals surface area contributed by atoms with Crippen molar-refractivity contribution in [1.82, 2.24) is 9.97 Å². The number of rotatable bonds is 5. The molecule has 1 saturated carbocycles. The number of benzene rings is 1. The summed E-state index contributed by atoms with van der Waals surface area (Å²) in [6.07, 6.45) is 2.41. The molecule has 0 unspecified atom stereocenters. The lowest BCUT2D eigenvalue weighted by molar-refractivity contribution is 0.820. The minimum atomic E-state index is 0.214. The van der Waals surface area contributed by atoms with E-state index in [0.29, 0.717) is 0 Å². The van der Waals surface area contributed by atoms with Crippen molar-refractivity contribution in [2.45, 2.75) is 32.2 Å². The molecule has 0 saturated heterocycles. The van der Waals surface area contributed by atoms with Gasteiger partial charge in [0.2, 0.25) is 0 Å². The summed E-state index contributed by atoms with van der Waals surface area (Å²) in [5.74, 6) is 2.53. The molecule has 1 aromatic carbocycles. The first-order valence-corrected chi connectivity index (χ1v) is 7.15. The first kappa shape index (κ1) is 12.9. The van der Waals surface area contributed by atoms with Gasteiger partial charge in [0, 0.05) is 23.7 Å². The summed E-state index contributed by atoms with van der Waals surface area (Å²) in [6, 6.07) is 12.1. The van der Waals surface area contributed by atoms with Crippen molar-refractivity contribution in [2.24, 2.45) is 0 Å². The van der Waals surface area contributed by atoms with Crippen LogP contribution < -0.4 is 10.6 Å². The molecule has 2 aromatic rings. The lowest BCUT2D eigenvalue weighted by Gasteiger charge is -2.14. The molecule has 1 aromatic heterocycles. The third-order valence-corrected chi connectivity index (χ3v) is 3.55. The van der Waals surface area contributed by atoms with Crippen molar-refractivity contribution in [3.05, 3.63) is 36.4 Å². The van der Waals surface area contributed by atoms with E-state index in [0.717, 1.165) is 29.6 Å². The second-order valence-electron chi connectivity index (χ2n) is 5.54. The van der Waals surface area contributed by atoms with E-state index in [2.05, 4.69) is 34.4 Å². The summed E-state index contributed by atoms with van der Waals surface area (Å²) < 4.78 is 0. The van der Waals surface area contributed by atoms with Gasteiger partial charge in [-0.2, -0.15) is 0 Å². The van der Waals surface area contributed by atoms with E-state index < -0.39 is 0 Å². The Labute approximate surface area is 119 Å². The summed E-state index contributed by atoms with van der Waals surface area (Å²) in [7, 11) is 0. The Morgan fingerprint density at radius 2 is 1.80 bits per heavy atom. The average molecular weight is 268 g/mol. The largest absolute Gasteiger partial charge is 0.370 e. The van der Waals surface area contributed by atoms with Gasteiger partial charge < -0.3 is 10.6 Å². The zero-order valence-corrected chi connectivity index (χ0v) is 12.0. The highest BCUT2D eigenvalue weighted by atomic mass is 15.1. The zero-order chi connectivity index (χ0) is 14.0. The van der Waals surface area contributed by atoms with Crippen molar-refractivity contribution in [1.29, 1.82) is 0 Å². The van der Waals surface area contributed by atoms with Gasteiger partial charge in [-0.15, -0.1) is 0 Å². The van der Waals surface area contributed by atoms with E-state index in [1.165, 1.54) is 12.8 Å². The van der Waals surface area contributed by atoms with Crippen molar-refractivity contribution in [3.63, 3.8) is 0 Å². The molecule has 4 heteroatoms. The predicted octanol–water partition coefficient (Wildman–Crippen LogP) is 3.54. The molecule has 104 valence electrons. The molecule has 0 atom stereocenters. The lowest BCUT2D eigenvalue weighted by atomic mass is 10.2. The Balaban J connectivity index is 1.96. The number of hydrogen-bond acceptors (Lipinski definition) is 4. The van der Waals surface area contributed by atoms with Crippen LogP contribution in [0.25, 0.3) is 11.4 Å². The summed E-state index contributed by atoms with van der Waals surface area (Å²) >= 11 is 0. The van der Waals surface area contributed by atoms with Gasteiger partial charge in [-0.3, -0.25) is 0 Å². The van der Waals surface area contributed by atoms with Crippen LogP contribution in [0.1, 0.15) is 26.7 Å². The second-order valence-corrected chi connectivity index (χ2v) is 5.54. The summed E-state index contributed by atoms with van der Waals surface area (Å²) in [4.78, 5) is 9.23.